The van der Waals surface area contributed by atoms with Crippen molar-refractivity contribution in [2.45, 2.75) is 19.7 Å². The van der Waals surface area contributed by atoms with Gasteiger partial charge in [0.25, 0.3) is 5.91 Å². The van der Waals surface area contributed by atoms with E-state index >= 15 is 0 Å². The summed E-state index contributed by atoms with van der Waals surface area (Å²) in [5, 5.41) is 2.43. The van der Waals surface area contributed by atoms with E-state index in [0.29, 0.717) is 11.3 Å². The van der Waals surface area contributed by atoms with Gasteiger partial charge in [-0.05, 0) is 30.3 Å². The highest BCUT2D eigenvalue weighted by atomic mass is 19.4. The molecule has 0 spiro atoms. The molecule has 30 heavy (non-hydrogen) atoms. The predicted molar refractivity (Wildman–Crippen MR) is 101 cm³/mol. The highest BCUT2D eigenvalue weighted by molar-refractivity contribution is 6.06. The first-order chi connectivity index (χ1) is 14.2. The van der Waals surface area contributed by atoms with Gasteiger partial charge in [0.1, 0.15) is 18.0 Å². The molecule has 0 aliphatic carbocycles. The third-order valence-electron chi connectivity index (χ3n) is 4.20. The van der Waals surface area contributed by atoms with Gasteiger partial charge in [0.2, 0.25) is 5.91 Å². The van der Waals surface area contributed by atoms with Crippen LogP contribution in [-0.2, 0) is 9.59 Å². The third-order valence-corrected chi connectivity index (χ3v) is 4.20. The molecule has 10 heteroatoms. The average molecular weight is 422 g/mol. The maximum absolute atomic E-state index is 12.4. The van der Waals surface area contributed by atoms with Crippen LogP contribution in [0.5, 0.6) is 11.5 Å². The normalized spacial score (nSPS) is 13.3. The molecule has 3 rings (SSSR count). The summed E-state index contributed by atoms with van der Waals surface area (Å²) in [5.41, 5.74) is 0.712. The molecule has 2 aromatic rings. The van der Waals surface area contributed by atoms with Crippen molar-refractivity contribution >= 4 is 29.0 Å². The predicted octanol–water partition coefficient (Wildman–Crippen LogP) is 3.54. The van der Waals surface area contributed by atoms with E-state index in [1.807, 2.05) is 0 Å². The number of ketones is 1. The quantitative estimate of drug-likeness (QED) is 0.720. The molecule has 0 saturated carbocycles. The van der Waals surface area contributed by atoms with Gasteiger partial charge in [-0.15, -0.1) is 13.2 Å². The summed E-state index contributed by atoms with van der Waals surface area (Å²) in [7, 11) is 0. The number of benzene rings is 2. The fraction of sp³-hybridized carbons (Fsp3) is 0.250. The number of halogens is 3. The van der Waals surface area contributed by atoms with Crippen LogP contribution in [0.25, 0.3) is 0 Å². The van der Waals surface area contributed by atoms with E-state index in [-0.39, 0.29) is 30.2 Å². The van der Waals surface area contributed by atoms with Crippen LogP contribution in [0.2, 0.25) is 0 Å². The lowest BCUT2D eigenvalue weighted by Gasteiger charge is -2.29. The van der Waals surface area contributed by atoms with E-state index in [2.05, 4.69) is 10.1 Å². The van der Waals surface area contributed by atoms with Gasteiger partial charge in [-0.3, -0.25) is 19.3 Å². The maximum Gasteiger partial charge on any atom is 0.573 e. The number of hydrogen-bond donors (Lipinski definition) is 1. The molecular formula is C20H17F3N2O5. The van der Waals surface area contributed by atoms with E-state index in [1.54, 1.807) is 19.1 Å². The van der Waals surface area contributed by atoms with Gasteiger partial charge < -0.3 is 14.8 Å². The number of hydrogen-bond acceptors (Lipinski definition) is 5. The van der Waals surface area contributed by atoms with Crippen molar-refractivity contribution in [1.82, 2.24) is 0 Å². The Bertz CT molecular complexity index is 991. The number of carbonyl (C=O) groups excluding carboxylic acids is 3. The van der Waals surface area contributed by atoms with Crippen LogP contribution in [0.1, 0.15) is 23.7 Å². The second-order valence-corrected chi connectivity index (χ2v) is 6.35. The van der Waals surface area contributed by atoms with E-state index < -0.39 is 30.5 Å². The van der Waals surface area contributed by atoms with Crippen LogP contribution in [0, 0.1) is 0 Å². The molecule has 1 aliphatic heterocycles. The lowest BCUT2D eigenvalue weighted by Crippen LogP contribution is -2.43. The molecule has 1 heterocycles. The minimum Gasteiger partial charge on any atom is -0.482 e. The van der Waals surface area contributed by atoms with Crippen molar-refractivity contribution in [2.75, 3.05) is 23.4 Å². The van der Waals surface area contributed by atoms with Crippen molar-refractivity contribution in [1.29, 1.82) is 0 Å². The molecule has 158 valence electrons. The van der Waals surface area contributed by atoms with Crippen LogP contribution in [0.4, 0.5) is 24.5 Å². The van der Waals surface area contributed by atoms with Crippen LogP contribution in [-0.4, -0.2) is 37.1 Å². The Kier molecular flexibility index (Phi) is 5.95. The molecule has 0 bridgehead atoms. The Morgan fingerprint density at radius 1 is 1.20 bits per heavy atom. The highest BCUT2D eigenvalue weighted by Gasteiger charge is 2.31. The minimum atomic E-state index is -4.86. The molecule has 1 aliphatic rings. The monoisotopic (exact) mass is 422 g/mol. The first-order valence-electron chi connectivity index (χ1n) is 8.92. The first kappa shape index (κ1) is 21.2. The van der Waals surface area contributed by atoms with Crippen molar-refractivity contribution in [3.05, 3.63) is 48.0 Å². The van der Waals surface area contributed by atoms with Crippen LogP contribution in [0.3, 0.4) is 0 Å². The van der Waals surface area contributed by atoms with Gasteiger partial charge in [-0.2, -0.15) is 0 Å². The van der Waals surface area contributed by atoms with Gasteiger partial charge in [-0.25, -0.2) is 0 Å². The summed E-state index contributed by atoms with van der Waals surface area (Å²) in [5.74, 6) is -1.42. The Hall–Kier alpha value is -3.56. The molecule has 0 radical (unpaired) electrons. The number of nitrogens with one attached hydrogen (secondary N) is 1. The van der Waals surface area contributed by atoms with E-state index in [9.17, 15) is 27.6 Å². The van der Waals surface area contributed by atoms with Crippen LogP contribution < -0.4 is 19.7 Å². The topological polar surface area (TPSA) is 84.9 Å². The molecule has 0 atom stereocenters. The minimum absolute atomic E-state index is 0.0672. The molecule has 0 saturated heterocycles. The summed E-state index contributed by atoms with van der Waals surface area (Å²) >= 11 is 0. The van der Waals surface area contributed by atoms with Gasteiger partial charge in [0, 0.05) is 23.7 Å². The SMILES string of the molecule is CCC(=O)c1ccc2c(c1)N(CC(=O)Nc1cccc(OC(F)(F)F)c1)C(=O)CO2. The number of ether oxygens (including phenoxy) is 2. The smallest absolute Gasteiger partial charge is 0.482 e. The van der Waals surface area contributed by atoms with Crippen molar-refractivity contribution < 1.29 is 37.0 Å². The van der Waals surface area contributed by atoms with Crippen LogP contribution >= 0.6 is 0 Å². The molecule has 2 aromatic carbocycles. The van der Waals surface area contributed by atoms with Crippen LogP contribution in [0.15, 0.2) is 42.5 Å². The number of rotatable bonds is 6. The maximum atomic E-state index is 12.4. The Morgan fingerprint density at radius 3 is 2.67 bits per heavy atom. The Labute approximate surface area is 169 Å². The average Bonchev–Trinajstić information content (AvgIpc) is 2.68. The second kappa shape index (κ2) is 8.44. The number of nitrogens with zero attached hydrogens (tertiary/aromatic N) is 1. The molecule has 7 nitrogen and oxygen atoms in total. The lowest BCUT2D eigenvalue weighted by molar-refractivity contribution is -0.274. The Balaban J connectivity index is 1.77. The van der Waals surface area contributed by atoms with E-state index in [1.165, 1.54) is 18.2 Å². The summed E-state index contributed by atoms with van der Waals surface area (Å²) < 4.78 is 46.2. The molecule has 1 N–H and O–H groups in total. The molecule has 0 aromatic heterocycles. The number of anilines is 2. The Morgan fingerprint density at radius 2 is 1.97 bits per heavy atom. The summed E-state index contributed by atoms with van der Waals surface area (Å²) in [6, 6.07) is 9.38. The number of carbonyl (C=O) groups is 3. The zero-order chi connectivity index (χ0) is 21.9. The molecule has 0 fully saturated rings. The largest absolute Gasteiger partial charge is 0.573 e. The van der Waals surface area contributed by atoms with Gasteiger partial charge >= 0.3 is 6.36 Å². The summed E-state index contributed by atoms with van der Waals surface area (Å²) in [4.78, 5) is 37.9. The summed E-state index contributed by atoms with van der Waals surface area (Å²) in [6.07, 6.45) is -4.59. The number of fused-ring (bicyclic) bond motifs is 1. The second-order valence-electron chi connectivity index (χ2n) is 6.35. The zero-order valence-electron chi connectivity index (χ0n) is 15.8. The third kappa shape index (κ3) is 5.07. The molecular weight excluding hydrogens is 405 g/mol. The number of amides is 2. The fourth-order valence-corrected chi connectivity index (χ4v) is 2.87. The molecule has 2 amide bonds. The molecule has 0 unspecified atom stereocenters. The lowest BCUT2D eigenvalue weighted by atomic mass is 10.1. The number of alkyl halides is 3. The zero-order valence-corrected chi connectivity index (χ0v) is 15.8. The van der Waals surface area contributed by atoms with Crippen molar-refractivity contribution in [3.63, 3.8) is 0 Å². The van der Waals surface area contributed by atoms with E-state index in [4.69, 9.17) is 4.74 Å². The fourth-order valence-electron chi connectivity index (χ4n) is 2.87. The van der Waals surface area contributed by atoms with Gasteiger partial charge in [-0.1, -0.05) is 13.0 Å². The summed E-state index contributed by atoms with van der Waals surface area (Å²) in [6.45, 7) is 1.00. The van der Waals surface area contributed by atoms with Crippen molar-refractivity contribution in [3.8, 4) is 11.5 Å². The van der Waals surface area contributed by atoms with E-state index in [0.717, 1.165) is 17.0 Å². The van der Waals surface area contributed by atoms with Gasteiger partial charge in [0.05, 0.1) is 5.69 Å². The standard InChI is InChI=1S/C20H17F3N2O5/c1-2-16(26)12-6-7-17-15(8-12)25(19(28)11-29-17)10-18(27)24-13-4-3-5-14(9-13)30-20(21,22)23/h3-9H,2,10-11H2,1H3,(H,24,27). The highest BCUT2D eigenvalue weighted by Crippen LogP contribution is 2.33. The number of Topliss-reactive ketones (excluding diaryl/α,β-unsaturated/α-hetero) is 1. The van der Waals surface area contributed by atoms with Crippen molar-refractivity contribution in [2.24, 2.45) is 0 Å². The van der Waals surface area contributed by atoms with Gasteiger partial charge in [0.15, 0.2) is 12.4 Å². The first-order valence-corrected chi connectivity index (χ1v) is 8.92.